The average Bonchev–Trinajstić information content (AvgIpc) is 2.95. The van der Waals surface area contributed by atoms with Crippen molar-refractivity contribution >= 4 is 16.9 Å². The van der Waals surface area contributed by atoms with Gasteiger partial charge in [-0.1, -0.05) is 89.3 Å². The fourth-order valence-electron chi connectivity index (χ4n) is 3.46. The van der Waals surface area contributed by atoms with Gasteiger partial charge in [-0.3, -0.25) is 4.79 Å². The van der Waals surface area contributed by atoms with Crippen molar-refractivity contribution in [1.82, 2.24) is 4.57 Å². The predicted octanol–water partition coefficient (Wildman–Crippen LogP) is 6.78. The van der Waals surface area contributed by atoms with Crippen molar-refractivity contribution in [2.75, 3.05) is 0 Å². The summed E-state index contributed by atoms with van der Waals surface area (Å²) in [5.41, 5.74) is 1.09. The number of rotatable bonds is 13. The minimum absolute atomic E-state index is 0.119. The van der Waals surface area contributed by atoms with E-state index in [2.05, 4.69) is 6.92 Å². The van der Waals surface area contributed by atoms with Gasteiger partial charge in [0.25, 0.3) is 0 Å². The van der Waals surface area contributed by atoms with Gasteiger partial charge in [0.2, 0.25) is 5.88 Å². The first-order valence-electron chi connectivity index (χ1n) is 10.5. The Morgan fingerprint density at radius 3 is 2.08 bits per heavy atom. The van der Waals surface area contributed by atoms with Crippen molar-refractivity contribution < 1.29 is 9.53 Å². The Morgan fingerprint density at radius 1 is 0.885 bits per heavy atom. The zero-order valence-corrected chi connectivity index (χ0v) is 16.6. The first kappa shape index (κ1) is 20.5. The number of nitrogens with zero attached hydrogens (tertiary/aromatic N) is 1. The number of fused-ring (bicyclic) bond motifs is 1. The highest BCUT2D eigenvalue weighted by Crippen LogP contribution is 2.24. The van der Waals surface area contributed by atoms with E-state index in [4.69, 9.17) is 4.74 Å². The van der Waals surface area contributed by atoms with E-state index in [1.54, 1.807) is 0 Å². The molecule has 3 heteroatoms. The standard InChI is InChI=1S/C23H35NO2/c1-3-4-5-6-7-8-9-10-11-12-13-18-23(25)26-22-19-20-16-14-15-17-21(20)24(22)2/h14-17,19H,3-13,18H2,1-2H3. The lowest BCUT2D eigenvalue weighted by molar-refractivity contribution is -0.134. The minimum atomic E-state index is -0.119. The summed E-state index contributed by atoms with van der Waals surface area (Å²) in [6.45, 7) is 2.26. The van der Waals surface area contributed by atoms with Crippen molar-refractivity contribution in [1.29, 1.82) is 0 Å². The maximum atomic E-state index is 12.1. The molecule has 0 aliphatic carbocycles. The maximum Gasteiger partial charge on any atom is 0.312 e. The second-order valence-electron chi connectivity index (χ2n) is 7.36. The van der Waals surface area contributed by atoms with Crippen molar-refractivity contribution in [3.05, 3.63) is 30.3 Å². The van der Waals surface area contributed by atoms with Crippen LogP contribution in [0.3, 0.4) is 0 Å². The molecule has 0 spiro atoms. The molecule has 144 valence electrons. The van der Waals surface area contributed by atoms with E-state index in [1.807, 2.05) is 41.9 Å². The number of esters is 1. The fourth-order valence-corrected chi connectivity index (χ4v) is 3.46. The highest BCUT2D eigenvalue weighted by molar-refractivity contribution is 5.83. The highest BCUT2D eigenvalue weighted by atomic mass is 16.5. The van der Waals surface area contributed by atoms with E-state index in [-0.39, 0.29) is 5.97 Å². The van der Waals surface area contributed by atoms with E-state index in [0.717, 1.165) is 23.7 Å². The van der Waals surface area contributed by atoms with Crippen LogP contribution >= 0.6 is 0 Å². The molecule has 0 saturated heterocycles. The highest BCUT2D eigenvalue weighted by Gasteiger charge is 2.10. The molecule has 0 fully saturated rings. The molecule has 0 amide bonds. The summed E-state index contributed by atoms with van der Waals surface area (Å²) < 4.78 is 7.48. The summed E-state index contributed by atoms with van der Waals surface area (Å²) in [6, 6.07) is 10.0. The largest absolute Gasteiger partial charge is 0.409 e. The average molecular weight is 358 g/mol. The third-order valence-corrected chi connectivity index (χ3v) is 5.11. The number of carbonyl (C=O) groups excluding carboxylic acids is 1. The normalized spacial score (nSPS) is 11.2. The van der Waals surface area contributed by atoms with E-state index in [9.17, 15) is 4.79 Å². The van der Waals surface area contributed by atoms with Gasteiger partial charge in [0.15, 0.2) is 0 Å². The first-order chi connectivity index (χ1) is 12.7. The zero-order valence-electron chi connectivity index (χ0n) is 16.6. The van der Waals surface area contributed by atoms with Gasteiger partial charge in [-0.25, -0.2) is 0 Å². The number of aromatic nitrogens is 1. The molecule has 0 atom stereocenters. The molecular formula is C23H35NO2. The van der Waals surface area contributed by atoms with Gasteiger partial charge in [0.1, 0.15) is 0 Å². The van der Waals surface area contributed by atoms with Gasteiger partial charge in [-0.15, -0.1) is 0 Å². The van der Waals surface area contributed by atoms with Gasteiger partial charge >= 0.3 is 5.97 Å². The van der Waals surface area contributed by atoms with Gasteiger partial charge < -0.3 is 9.30 Å². The lowest BCUT2D eigenvalue weighted by Crippen LogP contribution is -2.09. The SMILES string of the molecule is CCCCCCCCCCCCCC(=O)Oc1cc2ccccc2n1C. The molecule has 1 aromatic heterocycles. The summed E-state index contributed by atoms with van der Waals surface area (Å²) >= 11 is 0. The van der Waals surface area contributed by atoms with E-state index in [1.165, 1.54) is 57.8 Å². The molecule has 0 aliphatic rings. The van der Waals surface area contributed by atoms with Crippen LogP contribution in [0.2, 0.25) is 0 Å². The quantitative estimate of drug-likeness (QED) is 0.292. The van der Waals surface area contributed by atoms with Crippen LogP contribution in [-0.4, -0.2) is 10.5 Å². The Balaban J connectivity index is 1.53. The zero-order chi connectivity index (χ0) is 18.6. The monoisotopic (exact) mass is 357 g/mol. The van der Waals surface area contributed by atoms with Crippen molar-refractivity contribution in [2.45, 2.75) is 84.0 Å². The summed E-state index contributed by atoms with van der Waals surface area (Å²) in [5, 5.41) is 1.10. The number of unbranched alkanes of at least 4 members (excludes halogenated alkanes) is 10. The molecule has 0 N–H and O–H groups in total. The predicted molar refractivity (Wildman–Crippen MR) is 110 cm³/mol. The second kappa shape index (κ2) is 11.8. The van der Waals surface area contributed by atoms with Crippen molar-refractivity contribution in [2.24, 2.45) is 7.05 Å². The fraction of sp³-hybridized carbons (Fsp3) is 0.609. The molecule has 3 nitrogen and oxygen atoms in total. The van der Waals surface area contributed by atoms with Crippen LogP contribution in [0, 0.1) is 0 Å². The number of aryl methyl sites for hydroxylation is 1. The van der Waals surface area contributed by atoms with E-state index < -0.39 is 0 Å². The minimum Gasteiger partial charge on any atom is -0.409 e. The molecule has 0 radical (unpaired) electrons. The number of ether oxygens (including phenoxy) is 1. The smallest absolute Gasteiger partial charge is 0.312 e. The van der Waals surface area contributed by atoms with Gasteiger partial charge in [0, 0.05) is 24.9 Å². The van der Waals surface area contributed by atoms with Crippen LogP contribution in [0.25, 0.3) is 10.9 Å². The van der Waals surface area contributed by atoms with Crippen molar-refractivity contribution in [3.8, 4) is 5.88 Å². The third kappa shape index (κ3) is 6.86. The van der Waals surface area contributed by atoms with E-state index >= 15 is 0 Å². The first-order valence-corrected chi connectivity index (χ1v) is 10.5. The third-order valence-electron chi connectivity index (χ3n) is 5.11. The lowest BCUT2D eigenvalue weighted by atomic mass is 10.1. The number of benzene rings is 1. The van der Waals surface area contributed by atoms with Crippen LogP contribution in [0.1, 0.15) is 84.0 Å². The number of hydrogen-bond donors (Lipinski definition) is 0. The summed E-state index contributed by atoms with van der Waals surface area (Å²) in [5.74, 6) is 0.520. The molecule has 26 heavy (non-hydrogen) atoms. The molecular weight excluding hydrogens is 322 g/mol. The molecule has 0 saturated carbocycles. The van der Waals surface area contributed by atoms with Crippen LogP contribution in [0.4, 0.5) is 0 Å². The number of para-hydroxylation sites is 1. The Hall–Kier alpha value is -1.77. The molecule has 0 bridgehead atoms. The Bertz CT molecular complexity index is 659. The van der Waals surface area contributed by atoms with Crippen LogP contribution in [-0.2, 0) is 11.8 Å². The Morgan fingerprint density at radius 2 is 1.46 bits per heavy atom. The van der Waals surface area contributed by atoms with Gasteiger partial charge in [-0.05, 0) is 12.5 Å². The van der Waals surface area contributed by atoms with E-state index in [0.29, 0.717) is 12.3 Å². The van der Waals surface area contributed by atoms with Crippen LogP contribution in [0.5, 0.6) is 5.88 Å². The second-order valence-corrected chi connectivity index (χ2v) is 7.36. The van der Waals surface area contributed by atoms with Crippen LogP contribution < -0.4 is 4.74 Å². The maximum absolute atomic E-state index is 12.1. The molecule has 1 aromatic carbocycles. The van der Waals surface area contributed by atoms with Gasteiger partial charge in [-0.2, -0.15) is 0 Å². The lowest BCUT2D eigenvalue weighted by Gasteiger charge is -2.06. The molecule has 1 heterocycles. The summed E-state index contributed by atoms with van der Waals surface area (Å²) in [4.78, 5) is 12.1. The Kier molecular flexibility index (Phi) is 9.30. The Labute approximate surface area is 158 Å². The number of hydrogen-bond acceptors (Lipinski definition) is 2. The van der Waals surface area contributed by atoms with Gasteiger partial charge in [0.05, 0.1) is 5.52 Å². The molecule has 2 rings (SSSR count). The summed E-state index contributed by atoms with van der Waals surface area (Å²) in [6.07, 6.45) is 14.7. The topological polar surface area (TPSA) is 31.2 Å². The van der Waals surface area contributed by atoms with Crippen molar-refractivity contribution in [3.63, 3.8) is 0 Å². The molecule has 0 unspecified atom stereocenters. The number of carbonyl (C=O) groups is 1. The summed E-state index contributed by atoms with van der Waals surface area (Å²) in [7, 11) is 1.94. The van der Waals surface area contributed by atoms with Crippen LogP contribution in [0.15, 0.2) is 30.3 Å². The molecule has 0 aliphatic heterocycles. The molecule has 2 aromatic rings.